The Hall–Kier alpha value is -2.77. The van der Waals surface area contributed by atoms with Crippen LogP contribution in [0.25, 0.3) is 5.65 Å². The summed E-state index contributed by atoms with van der Waals surface area (Å²) in [5, 5.41) is 14.6. The van der Waals surface area contributed by atoms with Gasteiger partial charge in [-0.05, 0) is 30.3 Å². The van der Waals surface area contributed by atoms with Crippen LogP contribution in [0.5, 0.6) is 5.88 Å². The minimum atomic E-state index is 0.0725. The van der Waals surface area contributed by atoms with Crippen molar-refractivity contribution in [3.05, 3.63) is 36.3 Å². The molecular formula is C13H15N7O. The van der Waals surface area contributed by atoms with Crippen molar-refractivity contribution in [3.8, 4) is 5.88 Å². The van der Waals surface area contributed by atoms with Crippen LogP contribution in [0.2, 0.25) is 0 Å². The third-order valence-electron chi connectivity index (χ3n) is 2.77. The van der Waals surface area contributed by atoms with Gasteiger partial charge < -0.3 is 10.1 Å². The lowest BCUT2D eigenvalue weighted by molar-refractivity contribution is 0.230. The molecule has 1 N–H and O–H groups in total. The van der Waals surface area contributed by atoms with Crippen molar-refractivity contribution in [2.45, 2.75) is 26.5 Å². The Morgan fingerprint density at radius 3 is 3.10 bits per heavy atom. The number of ether oxygens (including phenoxy) is 1. The fourth-order valence-corrected chi connectivity index (χ4v) is 1.87. The quantitative estimate of drug-likeness (QED) is 0.755. The van der Waals surface area contributed by atoms with Gasteiger partial charge in [0.15, 0.2) is 11.5 Å². The molecule has 0 aliphatic heterocycles. The molecule has 0 spiro atoms. The van der Waals surface area contributed by atoms with E-state index in [-0.39, 0.29) is 6.10 Å². The summed E-state index contributed by atoms with van der Waals surface area (Å²) in [5.41, 5.74) is 1.54. The second-order valence-corrected chi connectivity index (χ2v) is 4.73. The van der Waals surface area contributed by atoms with Crippen LogP contribution in [0, 0.1) is 0 Å². The molecule has 0 unspecified atom stereocenters. The van der Waals surface area contributed by atoms with Crippen molar-refractivity contribution < 1.29 is 4.74 Å². The van der Waals surface area contributed by atoms with E-state index in [0.29, 0.717) is 23.9 Å². The maximum atomic E-state index is 5.69. The number of anilines is 1. The number of fused-ring (bicyclic) bond motifs is 1. The lowest BCUT2D eigenvalue weighted by Crippen LogP contribution is -2.11. The van der Waals surface area contributed by atoms with Gasteiger partial charge >= 0.3 is 0 Å². The maximum absolute atomic E-state index is 5.69. The van der Waals surface area contributed by atoms with Crippen molar-refractivity contribution in [2.24, 2.45) is 0 Å². The van der Waals surface area contributed by atoms with E-state index in [4.69, 9.17) is 4.74 Å². The van der Waals surface area contributed by atoms with Crippen molar-refractivity contribution in [3.63, 3.8) is 0 Å². The summed E-state index contributed by atoms with van der Waals surface area (Å²) in [4.78, 5) is 8.35. The third kappa shape index (κ3) is 2.88. The monoisotopic (exact) mass is 285 g/mol. The van der Waals surface area contributed by atoms with Gasteiger partial charge in [0.1, 0.15) is 0 Å². The van der Waals surface area contributed by atoms with E-state index in [9.17, 15) is 0 Å². The van der Waals surface area contributed by atoms with Gasteiger partial charge in [-0.3, -0.25) is 4.98 Å². The number of hydrogen-bond acceptors (Lipinski definition) is 7. The molecule has 0 saturated heterocycles. The Balaban J connectivity index is 1.80. The third-order valence-corrected chi connectivity index (χ3v) is 2.77. The van der Waals surface area contributed by atoms with Gasteiger partial charge in [-0.25, -0.2) is 4.98 Å². The second-order valence-electron chi connectivity index (χ2n) is 4.73. The number of nitrogens with zero attached hydrogens (tertiary/aromatic N) is 6. The molecule has 0 aliphatic rings. The Kier molecular flexibility index (Phi) is 3.59. The van der Waals surface area contributed by atoms with Crippen LogP contribution < -0.4 is 10.1 Å². The highest BCUT2D eigenvalue weighted by Gasteiger charge is 2.08. The Labute approximate surface area is 121 Å². The van der Waals surface area contributed by atoms with Gasteiger partial charge in [-0.2, -0.15) is 4.52 Å². The van der Waals surface area contributed by atoms with Gasteiger partial charge in [-0.15, -0.1) is 5.10 Å². The molecule has 8 nitrogen and oxygen atoms in total. The van der Waals surface area contributed by atoms with Crippen LogP contribution in [0.3, 0.4) is 0 Å². The van der Waals surface area contributed by atoms with Crippen molar-refractivity contribution >= 4 is 11.5 Å². The molecule has 8 heteroatoms. The Morgan fingerprint density at radius 2 is 2.24 bits per heavy atom. The molecule has 108 valence electrons. The summed E-state index contributed by atoms with van der Waals surface area (Å²) in [5.74, 6) is 1.33. The van der Waals surface area contributed by atoms with Crippen LogP contribution >= 0.6 is 0 Å². The number of nitrogens with one attached hydrogen (secondary N) is 1. The van der Waals surface area contributed by atoms with Gasteiger partial charge in [0.2, 0.25) is 5.88 Å². The predicted molar refractivity (Wildman–Crippen MR) is 75.9 cm³/mol. The van der Waals surface area contributed by atoms with Crippen molar-refractivity contribution in [2.75, 3.05) is 5.32 Å². The SMILES string of the molecule is CC(C)Oc1ncccc1CNc1cncc2nnnn12. The average Bonchev–Trinajstić information content (AvgIpc) is 2.95. The second kappa shape index (κ2) is 5.70. The summed E-state index contributed by atoms with van der Waals surface area (Å²) >= 11 is 0. The summed E-state index contributed by atoms with van der Waals surface area (Å²) in [6, 6.07) is 3.84. The number of pyridine rings is 1. The maximum Gasteiger partial charge on any atom is 0.218 e. The highest BCUT2D eigenvalue weighted by Crippen LogP contribution is 2.17. The largest absolute Gasteiger partial charge is 0.475 e. The topological polar surface area (TPSA) is 90.1 Å². The zero-order valence-electron chi connectivity index (χ0n) is 11.8. The smallest absolute Gasteiger partial charge is 0.218 e. The first-order chi connectivity index (χ1) is 10.2. The van der Waals surface area contributed by atoms with Crippen LogP contribution in [0.4, 0.5) is 5.82 Å². The van der Waals surface area contributed by atoms with E-state index in [1.165, 1.54) is 0 Å². The van der Waals surface area contributed by atoms with Crippen molar-refractivity contribution in [1.82, 2.24) is 30.0 Å². The molecule has 0 bridgehead atoms. The number of aromatic nitrogens is 6. The Bertz CT molecular complexity index is 740. The average molecular weight is 285 g/mol. The molecule has 3 heterocycles. The lowest BCUT2D eigenvalue weighted by Gasteiger charge is -2.13. The van der Waals surface area contributed by atoms with Gasteiger partial charge in [0, 0.05) is 18.3 Å². The van der Waals surface area contributed by atoms with E-state index in [2.05, 4.69) is 30.8 Å². The first-order valence-corrected chi connectivity index (χ1v) is 6.60. The molecule has 0 saturated carbocycles. The fourth-order valence-electron chi connectivity index (χ4n) is 1.87. The summed E-state index contributed by atoms with van der Waals surface area (Å²) in [6.07, 6.45) is 5.05. The van der Waals surface area contributed by atoms with Gasteiger partial charge in [-0.1, -0.05) is 6.07 Å². The predicted octanol–water partition coefficient (Wildman–Crippen LogP) is 1.31. The first kappa shape index (κ1) is 13.2. The molecule has 0 fully saturated rings. The van der Waals surface area contributed by atoms with Gasteiger partial charge in [0.05, 0.1) is 18.5 Å². The normalized spacial score (nSPS) is 11.0. The summed E-state index contributed by atoms with van der Waals surface area (Å²) < 4.78 is 7.28. The molecular weight excluding hydrogens is 270 g/mol. The molecule has 21 heavy (non-hydrogen) atoms. The molecule has 0 aliphatic carbocycles. The molecule has 0 radical (unpaired) electrons. The number of tetrazole rings is 1. The Morgan fingerprint density at radius 1 is 1.33 bits per heavy atom. The first-order valence-electron chi connectivity index (χ1n) is 6.60. The number of hydrogen-bond donors (Lipinski definition) is 1. The minimum absolute atomic E-state index is 0.0725. The zero-order chi connectivity index (χ0) is 14.7. The molecule has 0 aromatic carbocycles. The fraction of sp³-hybridized carbons (Fsp3) is 0.308. The molecule has 0 atom stereocenters. The van der Waals surface area contributed by atoms with E-state index < -0.39 is 0 Å². The minimum Gasteiger partial charge on any atom is -0.475 e. The van der Waals surface area contributed by atoms with E-state index >= 15 is 0 Å². The highest BCUT2D eigenvalue weighted by atomic mass is 16.5. The molecule has 0 amide bonds. The van der Waals surface area contributed by atoms with Crippen LogP contribution in [-0.4, -0.2) is 36.1 Å². The van der Waals surface area contributed by atoms with Crippen LogP contribution in [0.1, 0.15) is 19.4 Å². The zero-order valence-corrected chi connectivity index (χ0v) is 11.8. The molecule has 3 rings (SSSR count). The van der Waals surface area contributed by atoms with E-state index in [0.717, 1.165) is 5.56 Å². The molecule has 3 aromatic heterocycles. The number of rotatable bonds is 5. The van der Waals surface area contributed by atoms with Gasteiger partial charge in [0.25, 0.3) is 0 Å². The lowest BCUT2D eigenvalue weighted by atomic mass is 10.2. The highest BCUT2D eigenvalue weighted by molar-refractivity contribution is 5.44. The van der Waals surface area contributed by atoms with Crippen LogP contribution in [-0.2, 0) is 6.54 Å². The van der Waals surface area contributed by atoms with E-state index in [1.54, 1.807) is 23.1 Å². The van der Waals surface area contributed by atoms with E-state index in [1.807, 2.05) is 26.0 Å². The van der Waals surface area contributed by atoms with Crippen molar-refractivity contribution in [1.29, 1.82) is 0 Å². The molecule has 3 aromatic rings. The standard InChI is InChI=1S/C13H15N7O/c1-9(2)21-13-10(4-3-5-15-13)6-16-11-7-14-8-12-17-18-19-20(11)12/h3-5,7-9,16H,6H2,1-2H3. The summed E-state index contributed by atoms with van der Waals surface area (Å²) in [7, 11) is 0. The summed E-state index contributed by atoms with van der Waals surface area (Å²) in [6.45, 7) is 4.48. The van der Waals surface area contributed by atoms with Crippen LogP contribution in [0.15, 0.2) is 30.7 Å².